The lowest BCUT2D eigenvalue weighted by atomic mass is 10.0. The maximum atomic E-state index is 13.6. The van der Waals surface area contributed by atoms with Crippen molar-refractivity contribution in [2.24, 2.45) is 4.99 Å². The maximum absolute atomic E-state index is 13.6. The highest BCUT2D eigenvalue weighted by Gasteiger charge is 2.34. The molecule has 1 aliphatic rings. The Labute approximate surface area is 207 Å². The Morgan fingerprint density at radius 2 is 1.91 bits per heavy atom. The van der Waals surface area contributed by atoms with E-state index in [2.05, 4.69) is 35.9 Å². The Kier molecular flexibility index (Phi) is 7.19. The van der Waals surface area contributed by atoms with Crippen LogP contribution in [0.3, 0.4) is 0 Å². The van der Waals surface area contributed by atoms with Crippen LogP contribution in [0.25, 0.3) is 6.08 Å². The zero-order chi connectivity index (χ0) is 24.4. The lowest BCUT2D eigenvalue weighted by Gasteiger charge is -2.24. The fraction of sp³-hybridized carbons (Fsp3) is 0.346. The number of thiazole rings is 1. The number of carbonyl (C=O) groups excluding carboxylic acids is 1. The van der Waals surface area contributed by atoms with Crippen LogP contribution in [0.4, 0.5) is 5.69 Å². The number of esters is 1. The zero-order valence-corrected chi connectivity index (χ0v) is 21.7. The van der Waals surface area contributed by atoms with Gasteiger partial charge >= 0.3 is 5.97 Å². The van der Waals surface area contributed by atoms with Crippen molar-refractivity contribution >= 4 is 40.4 Å². The molecule has 0 spiro atoms. The van der Waals surface area contributed by atoms with Crippen molar-refractivity contribution in [3.05, 3.63) is 83.2 Å². The molecule has 1 atom stereocenters. The summed E-state index contributed by atoms with van der Waals surface area (Å²) in [4.78, 5) is 35.0. The quantitative estimate of drug-likeness (QED) is 0.463. The summed E-state index contributed by atoms with van der Waals surface area (Å²) >= 11 is 2.86. The molecular weight excluding hydrogens is 466 g/mol. The molecular formula is C26H29N3O3S2. The van der Waals surface area contributed by atoms with Crippen LogP contribution in [0.5, 0.6) is 0 Å². The number of ether oxygens (including phenoxy) is 1. The molecule has 178 valence electrons. The third kappa shape index (κ3) is 4.65. The van der Waals surface area contributed by atoms with Gasteiger partial charge in [-0.3, -0.25) is 9.36 Å². The van der Waals surface area contributed by atoms with Gasteiger partial charge in [0.2, 0.25) is 0 Å². The number of hydrogen-bond acceptors (Lipinski definition) is 7. The van der Waals surface area contributed by atoms with Gasteiger partial charge in [0.1, 0.15) is 6.04 Å². The van der Waals surface area contributed by atoms with E-state index in [0.29, 0.717) is 20.6 Å². The van der Waals surface area contributed by atoms with Crippen LogP contribution in [-0.2, 0) is 9.53 Å². The highest BCUT2D eigenvalue weighted by atomic mass is 32.1. The Morgan fingerprint density at radius 3 is 2.50 bits per heavy atom. The molecule has 8 heteroatoms. The van der Waals surface area contributed by atoms with Crippen molar-refractivity contribution in [1.82, 2.24) is 4.57 Å². The van der Waals surface area contributed by atoms with Gasteiger partial charge < -0.3 is 9.64 Å². The van der Waals surface area contributed by atoms with Gasteiger partial charge in [0.05, 0.1) is 21.9 Å². The lowest BCUT2D eigenvalue weighted by molar-refractivity contribution is -0.143. The molecule has 4 rings (SSSR count). The fourth-order valence-electron chi connectivity index (χ4n) is 4.10. The third-order valence-electron chi connectivity index (χ3n) is 5.72. The van der Waals surface area contributed by atoms with Gasteiger partial charge in [-0.2, -0.15) is 0 Å². The first-order chi connectivity index (χ1) is 16.3. The van der Waals surface area contributed by atoms with Gasteiger partial charge in [-0.25, -0.2) is 9.79 Å². The second-order valence-electron chi connectivity index (χ2n) is 8.32. The number of anilines is 1. The predicted octanol–water partition coefficient (Wildman–Crippen LogP) is 4.09. The summed E-state index contributed by atoms with van der Waals surface area (Å²) in [6.45, 7) is 11.6. The number of rotatable bonds is 7. The molecule has 0 radical (unpaired) electrons. The van der Waals surface area contributed by atoms with Crippen LogP contribution in [-0.4, -0.2) is 29.7 Å². The fourth-order valence-corrected chi connectivity index (χ4v) is 5.97. The molecule has 0 unspecified atom stereocenters. The van der Waals surface area contributed by atoms with Gasteiger partial charge in [0.25, 0.3) is 5.56 Å². The highest BCUT2D eigenvalue weighted by Crippen LogP contribution is 2.33. The average Bonchev–Trinajstić information content (AvgIpc) is 3.43. The minimum Gasteiger partial charge on any atom is -0.459 e. The number of nitrogens with zero attached hydrogens (tertiary/aromatic N) is 3. The Hall–Kier alpha value is -2.97. The summed E-state index contributed by atoms with van der Waals surface area (Å²) in [5, 5.41) is 1.95. The average molecular weight is 496 g/mol. The largest absolute Gasteiger partial charge is 0.459 e. The zero-order valence-electron chi connectivity index (χ0n) is 20.1. The molecule has 0 aliphatic carbocycles. The van der Waals surface area contributed by atoms with Crippen LogP contribution >= 0.6 is 22.7 Å². The first kappa shape index (κ1) is 24.2. The molecule has 2 aromatic heterocycles. The normalized spacial score (nSPS) is 15.9. The molecule has 0 bridgehead atoms. The predicted molar refractivity (Wildman–Crippen MR) is 139 cm³/mol. The number of benzene rings is 1. The van der Waals surface area contributed by atoms with E-state index < -0.39 is 12.0 Å². The summed E-state index contributed by atoms with van der Waals surface area (Å²) < 4.78 is 7.74. The third-order valence-corrected chi connectivity index (χ3v) is 7.62. The minimum absolute atomic E-state index is 0.155. The Morgan fingerprint density at radius 1 is 1.21 bits per heavy atom. The Balaban J connectivity index is 1.81. The molecule has 0 saturated heterocycles. The van der Waals surface area contributed by atoms with Crippen LogP contribution in [0.15, 0.2) is 62.8 Å². The second-order valence-corrected chi connectivity index (χ2v) is 10.3. The molecule has 0 N–H and O–H groups in total. The van der Waals surface area contributed by atoms with Crippen molar-refractivity contribution in [3.8, 4) is 0 Å². The van der Waals surface area contributed by atoms with Crippen molar-refractivity contribution in [2.45, 2.75) is 46.8 Å². The van der Waals surface area contributed by atoms with Crippen molar-refractivity contribution in [2.75, 3.05) is 18.0 Å². The molecule has 3 heterocycles. The number of fused-ring (bicyclic) bond motifs is 1. The van der Waals surface area contributed by atoms with Crippen molar-refractivity contribution in [3.63, 3.8) is 0 Å². The van der Waals surface area contributed by atoms with Gasteiger partial charge in [0.15, 0.2) is 4.80 Å². The van der Waals surface area contributed by atoms with E-state index in [-0.39, 0.29) is 11.7 Å². The number of hydrogen-bond donors (Lipinski definition) is 0. The van der Waals surface area contributed by atoms with Gasteiger partial charge in [0, 0.05) is 23.7 Å². The monoisotopic (exact) mass is 495 g/mol. The SMILES string of the molecule is CCN(CC)c1ccc(/C=c2\sc3n(c2=O)[C@H](c2cccs2)C(C(=O)OC(C)C)=C(C)N=3)cc1. The number of thiophene rings is 1. The van der Waals surface area contributed by atoms with E-state index in [1.54, 1.807) is 11.5 Å². The standard InChI is InChI=1S/C26H29N3O3S2/c1-6-28(7-2)19-12-10-18(11-13-19)15-21-24(30)29-23(20-9-8-14-33-20)22(25(31)32-16(3)4)17(5)27-26(29)34-21/h8-16,23H,6-7H2,1-5H3/b21-15-/t23-/m1/s1. The summed E-state index contributed by atoms with van der Waals surface area (Å²) in [5.74, 6) is -0.434. The van der Waals surface area contributed by atoms with E-state index in [0.717, 1.165) is 29.2 Å². The summed E-state index contributed by atoms with van der Waals surface area (Å²) in [6.07, 6.45) is 1.63. The maximum Gasteiger partial charge on any atom is 0.338 e. The molecule has 0 saturated carbocycles. The van der Waals surface area contributed by atoms with Crippen molar-refractivity contribution < 1.29 is 9.53 Å². The van der Waals surface area contributed by atoms with E-state index >= 15 is 0 Å². The van der Waals surface area contributed by atoms with E-state index in [1.807, 2.05) is 49.6 Å². The second kappa shape index (κ2) is 10.1. The molecule has 1 aromatic carbocycles. The highest BCUT2D eigenvalue weighted by molar-refractivity contribution is 7.10. The number of aromatic nitrogens is 1. The van der Waals surface area contributed by atoms with Crippen molar-refractivity contribution in [1.29, 1.82) is 0 Å². The van der Waals surface area contributed by atoms with E-state index in [9.17, 15) is 9.59 Å². The first-order valence-electron chi connectivity index (χ1n) is 11.5. The number of carbonyl (C=O) groups is 1. The summed E-state index contributed by atoms with van der Waals surface area (Å²) in [6, 6.07) is 11.5. The Bertz CT molecular complexity index is 1380. The molecule has 6 nitrogen and oxygen atoms in total. The van der Waals surface area contributed by atoms with E-state index in [1.165, 1.54) is 22.7 Å². The van der Waals surface area contributed by atoms with Crippen LogP contribution < -0.4 is 19.8 Å². The molecule has 0 fully saturated rings. The number of allylic oxidation sites excluding steroid dienone is 1. The molecule has 0 amide bonds. The first-order valence-corrected chi connectivity index (χ1v) is 13.2. The molecule has 34 heavy (non-hydrogen) atoms. The molecule has 1 aliphatic heterocycles. The summed E-state index contributed by atoms with van der Waals surface area (Å²) in [5.41, 5.74) is 2.95. The van der Waals surface area contributed by atoms with Gasteiger partial charge in [-0.15, -0.1) is 11.3 Å². The van der Waals surface area contributed by atoms with Crippen LogP contribution in [0.1, 0.15) is 51.1 Å². The topological polar surface area (TPSA) is 63.9 Å². The minimum atomic E-state index is -0.547. The van der Waals surface area contributed by atoms with E-state index in [4.69, 9.17) is 4.74 Å². The summed E-state index contributed by atoms with van der Waals surface area (Å²) in [7, 11) is 0. The van der Waals surface area contributed by atoms with Crippen LogP contribution in [0, 0.1) is 0 Å². The van der Waals surface area contributed by atoms with Gasteiger partial charge in [-0.05, 0) is 69.8 Å². The van der Waals surface area contributed by atoms with Crippen LogP contribution in [0.2, 0.25) is 0 Å². The van der Waals surface area contributed by atoms with Gasteiger partial charge in [-0.1, -0.05) is 29.5 Å². The molecule has 3 aromatic rings. The lowest BCUT2D eigenvalue weighted by Crippen LogP contribution is -2.39. The smallest absolute Gasteiger partial charge is 0.338 e.